The van der Waals surface area contributed by atoms with Crippen LogP contribution in [-0.4, -0.2) is 17.1 Å². The third-order valence-corrected chi connectivity index (χ3v) is 10.1. The molecule has 0 saturated heterocycles. The molecular weight excluding hydrogens is 631 g/mol. The van der Waals surface area contributed by atoms with Crippen LogP contribution in [0.4, 0.5) is 0 Å². The largest absolute Gasteiger partial charge is 0.584 e. The molecule has 7 heteroatoms. The van der Waals surface area contributed by atoms with Crippen LogP contribution in [-0.2, 0) is 15.5 Å². The van der Waals surface area contributed by atoms with E-state index in [9.17, 15) is 9.46 Å². The molecule has 0 bridgehead atoms. The van der Waals surface area contributed by atoms with E-state index in [0.717, 1.165) is 77.9 Å². The summed E-state index contributed by atoms with van der Waals surface area (Å²) in [5.41, 5.74) is 10.1. The Kier molecular flexibility index (Phi) is 8.37. The number of phosphoric acid groups is 1. The van der Waals surface area contributed by atoms with Crippen molar-refractivity contribution in [3.63, 3.8) is 0 Å². The summed E-state index contributed by atoms with van der Waals surface area (Å²) in [6, 6.07) is 26.8. The summed E-state index contributed by atoms with van der Waals surface area (Å²) in [6.45, 7) is 16.2. The van der Waals surface area contributed by atoms with E-state index in [-0.39, 0.29) is 18.1 Å². The van der Waals surface area contributed by atoms with E-state index in [4.69, 9.17) is 18.5 Å². The molecule has 1 aliphatic carbocycles. The zero-order valence-corrected chi connectivity index (χ0v) is 30.3. The molecule has 252 valence electrons. The Balaban J connectivity index is 1.55. The van der Waals surface area contributed by atoms with Gasteiger partial charge in [0.05, 0.1) is 12.2 Å². The van der Waals surface area contributed by atoms with Crippen LogP contribution >= 0.6 is 7.82 Å². The highest BCUT2D eigenvalue weighted by Gasteiger charge is 2.42. The van der Waals surface area contributed by atoms with Gasteiger partial charge in [0, 0.05) is 22.6 Å². The van der Waals surface area contributed by atoms with Gasteiger partial charge in [-0.1, -0.05) is 60.7 Å². The second kappa shape index (κ2) is 12.4. The van der Waals surface area contributed by atoms with Crippen LogP contribution < -0.4 is 14.0 Å². The van der Waals surface area contributed by atoms with E-state index < -0.39 is 7.82 Å². The van der Waals surface area contributed by atoms with Crippen LogP contribution in [0, 0.1) is 27.7 Å². The van der Waals surface area contributed by atoms with Crippen molar-refractivity contribution in [1.82, 2.24) is 0 Å². The lowest BCUT2D eigenvalue weighted by Crippen LogP contribution is -2.17. The third kappa shape index (κ3) is 6.02. The summed E-state index contributed by atoms with van der Waals surface area (Å²) in [5.74, 6) is 2.12. The minimum atomic E-state index is -4.66. The van der Waals surface area contributed by atoms with Crippen LogP contribution in [0.15, 0.2) is 84.6 Å². The van der Waals surface area contributed by atoms with Gasteiger partial charge in [-0.2, -0.15) is 0 Å². The molecule has 2 atom stereocenters. The van der Waals surface area contributed by atoms with Crippen LogP contribution in [0.25, 0.3) is 27.5 Å². The first kappa shape index (κ1) is 33.0. The number of hydrogen-bond donors (Lipinski definition) is 1. The molecular formula is C42H43O6P. The SMILES string of the molecule is Cc1cc(-c2cc3ccccc3c3c2OP(=O)(O)OC2=C3c3ccccc3CC2c2cc(C)c(OC(C)C)c(C)c2)cc(C)c1OC(C)C. The van der Waals surface area contributed by atoms with Crippen LogP contribution in [0.5, 0.6) is 17.2 Å². The lowest BCUT2D eigenvalue weighted by Gasteiger charge is -2.30. The van der Waals surface area contributed by atoms with Crippen LogP contribution in [0.1, 0.15) is 78.1 Å². The maximum absolute atomic E-state index is 14.1. The Hall–Kier alpha value is -4.51. The van der Waals surface area contributed by atoms with Gasteiger partial charge in [-0.3, -0.25) is 4.89 Å². The van der Waals surface area contributed by atoms with Crippen molar-refractivity contribution in [2.24, 2.45) is 0 Å². The van der Waals surface area contributed by atoms with Crippen molar-refractivity contribution >= 4 is 24.2 Å². The van der Waals surface area contributed by atoms with Crippen LogP contribution in [0.2, 0.25) is 0 Å². The number of allylic oxidation sites excluding steroid dienone is 1. The van der Waals surface area contributed by atoms with Gasteiger partial charge in [0.2, 0.25) is 0 Å². The standard InChI is InChI=1S/C42H43O6P/c1-23(2)45-39-25(5)17-31(18-26(39)6)35-21-29-13-9-11-15-33(29)37-38-34-16-12-10-14-30(34)22-36(42(38)48-49(43,44)47-41(35)37)32-19-27(7)40(28(8)20-32)46-24(3)4/h9-21,23-24,36H,22H2,1-8H3,(H,43,44). The monoisotopic (exact) mass is 674 g/mol. The summed E-state index contributed by atoms with van der Waals surface area (Å²) in [5, 5.41) is 1.90. The van der Waals surface area contributed by atoms with Gasteiger partial charge in [-0.05, 0) is 135 Å². The molecule has 0 amide bonds. The molecule has 0 aromatic heterocycles. The molecule has 1 N–H and O–H groups in total. The average molecular weight is 675 g/mol. The molecule has 0 spiro atoms. The van der Waals surface area contributed by atoms with E-state index in [1.54, 1.807) is 0 Å². The Morgan fingerprint density at radius 1 is 0.735 bits per heavy atom. The Morgan fingerprint density at radius 3 is 1.94 bits per heavy atom. The lowest BCUT2D eigenvalue weighted by molar-refractivity contribution is 0.237. The van der Waals surface area contributed by atoms with Crippen molar-refractivity contribution in [2.75, 3.05) is 0 Å². The Labute approximate surface area is 288 Å². The fourth-order valence-electron chi connectivity index (χ4n) is 7.48. The molecule has 6 nitrogen and oxygen atoms in total. The molecule has 0 radical (unpaired) electrons. The van der Waals surface area contributed by atoms with Gasteiger partial charge in [-0.15, -0.1) is 0 Å². The Morgan fingerprint density at radius 2 is 1.31 bits per heavy atom. The van der Waals surface area contributed by atoms with Crippen molar-refractivity contribution in [2.45, 2.75) is 79.9 Å². The minimum Gasteiger partial charge on any atom is -0.490 e. The second-order valence-corrected chi connectivity index (χ2v) is 15.2. The number of phosphoric ester groups is 1. The van der Waals surface area contributed by atoms with E-state index in [1.807, 2.05) is 91.8 Å². The maximum atomic E-state index is 14.1. The lowest BCUT2D eigenvalue weighted by atomic mass is 9.75. The van der Waals surface area contributed by atoms with Gasteiger partial charge in [0.25, 0.3) is 0 Å². The van der Waals surface area contributed by atoms with E-state index in [1.165, 1.54) is 0 Å². The molecule has 1 heterocycles. The summed E-state index contributed by atoms with van der Waals surface area (Å²) in [7, 11) is -4.66. The summed E-state index contributed by atoms with van der Waals surface area (Å²) >= 11 is 0. The van der Waals surface area contributed by atoms with Crippen molar-refractivity contribution in [3.05, 3.63) is 129 Å². The predicted octanol–water partition coefficient (Wildman–Crippen LogP) is 10.9. The minimum absolute atomic E-state index is 0.0251. The highest BCUT2D eigenvalue weighted by Crippen LogP contribution is 2.61. The van der Waals surface area contributed by atoms with E-state index in [2.05, 4.69) is 42.5 Å². The zero-order valence-electron chi connectivity index (χ0n) is 29.4. The molecule has 0 saturated carbocycles. The molecule has 5 aromatic rings. The normalized spacial score (nSPS) is 18.4. The van der Waals surface area contributed by atoms with Gasteiger partial charge in [-0.25, -0.2) is 4.57 Å². The topological polar surface area (TPSA) is 74.2 Å². The molecule has 2 aliphatic rings. The number of aryl methyl sites for hydroxylation is 4. The molecule has 1 aliphatic heterocycles. The highest BCUT2D eigenvalue weighted by atomic mass is 31.2. The van der Waals surface area contributed by atoms with Crippen molar-refractivity contribution < 1.29 is 28.0 Å². The summed E-state index contributed by atoms with van der Waals surface area (Å²) in [4.78, 5) is 11.5. The fraction of sp³-hybridized carbons (Fsp3) is 0.286. The number of rotatable bonds is 6. The summed E-state index contributed by atoms with van der Waals surface area (Å²) < 4.78 is 38.9. The number of benzene rings is 5. The van der Waals surface area contributed by atoms with Gasteiger partial charge < -0.3 is 18.5 Å². The first-order chi connectivity index (χ1) is 23.3. The van der Waals surface area contributed by atoms with E-state index >= 15 is 0 Å². The predicted molar refractivity (Wildman–Crippen MR) is 197 cm³/mol. The van der Waals surface area contributed by atoms with Gasteiger partial charge >= 0.3 is 7.82 Å². The first-order valence-corrected chi connectivity index (χ1v) is 18.5. The van der Waals surface area contributed by atoms with Crippen molar-refractivity contribution in [3.8, 4) is 28.4 Å². The van der Waals surface area contributed by atoms with Crippen LogP contribution in [0.3, 0.4) is 0 Å². The average Bonchev–Trinajstić information content (AvgIpc) is 3.16. The maximum Gasteiger partial charge on any atom is 0.584 e. The fourth-order valence-corrected chi connectivity index (χ4v) is 8.40. The molecule has 49 heavy (non-hydrogen) atoms. The molecule has 5 aromatic carbocycles. The molecule has 2 unspecified atom stereocenters. The number of fused-ring (bicyclic) bond motifs is 6. The quantitative estimate of drug-likeness (QED) is 0.181. The Bertz CT molecular complexity index is 2170. The van der Waals surface area contributed by atoms with Gasteiger partial charge in [0.15, 0.2) is 0 Å². The molecule has 7 rings (SSSR count). The second-order valence-electron chi connectivity index (χ2n) is 13.9. The van der Waals surface area contributed by atoms with E-state index in [0.29, 0.717) is 23.5 Å². The first-order valence-electron chi connectivity index (χ1n) is 17.0. The smallest absolute Gasteiger partial charge is 0.490 e. The summed E-state index contributed by atoms with van der Waals surface area (Å²) in [6.07, 6.45) is 0.658. The zero-order chi connectivity index (χ0) is 34.8. The van der Waals surface area contributed by atoms with Crippen molar-refractivity contribution in [1.29, 1.82) is 0 Å². The third-order valence-electron chi connectivity index (χ3n) is 9.31. The van der Waals surface area contributed by atoms with Gasteiger partial charge in [0.1, 0.15) is 23.0 Å². The highest BCUT2D eigenvalue weighted by molar-refractivity contribution is 7.48. The number of hydrogen-bond acceptors (Lipinski definition) is 5. The number of ether oxygens (including phenoxy) is 2. The molecule has 0 fully saturated rings.